The van der Waals surface area contributed by atoms with Gasteiger partial charge in [0.1, 0.15) is 11.6 Å². The first-order valence-corrected chi connectivity index (χ1v) is 7.54. The normalized spacial score (nSPS) is 17.0. The largest absolute Gasteiger partial charge is 0.497 e. The molecule has 0 radical (unpaired) electrons. The first kappa shape index (κ1) is 14.1. The molecule has 1 fully saturated rings. The molecule has 4 nitrogen and oxygen atoms in total. The van der Waals surface area contributed by atoms with Gasteiger partial charge in [0.15, 0.2) is 0 Å². The lowest BCUT2D eigenvalue weighted by molar-refractivity contribution is 0.142. The molecule has 1 saturated carbocycles. The number of hydrogen-bond acceptors (Lipinski definition) is 4. The summed E-state index contributed by atoms with van der Waals surface area (Å²) in [5.74, 6) is 1.70. The van der Waals surface area contributed by atoms with Crippen LogP contribution in [0.4, 0.5) is 5.82 Å². The third kappa shape index (κ3) is 2.81. The summed E-state index contributed by atoms with van der Waals surface area (Å²) in [5, 5.41) is 15.4. The van der Waals surface area contributed by atoms with Gasteiger partial charge in [0.25, 0.3) is 0 Å². The molecular weight excluding hydrogens is 264 g/mol. The van der Waals surface area contributed by atoms with Gasteiger partial charge in [-0.05, 0) is 36.4 Å². The predicted molar refractivity (Wildman–Crippen MR) is 84.8 cm³/mol. The summed E-state index contributed by atoms with van der Waals surface area (Å²) in [6, 6.07) is 8.00. The van der Waals surface area contributed by atoms with Crippen molar-refractivity contribution in [1.29, 1.82) is 0 Å². The zero-order valence-electron chi connectivity index (χ0n) is 12.4. The molecule has 112 valence electrons. The molecule has 0 spiro atoms. The molecule has 1 aliphatic carbocycles. The quantitative estimate of drug-likeness (QED) is 0.886. The van der Waals surface area contributed by atoms with E-state index >= 15 is 0 Å². The number of aromatic nitrogens is 1. The number of aliphatic hydroxyl groups excluding tert-OH is 1. The van der Waals surface area contributed by atoms with E-state index < -0.39 is 0 Å². The van der Waals surface area contributed by atoms with E-state index in [1.807, 2.05) is 30.5 Å². The van der Waals surface area contributed by atoms with E-state index in [9.17, 15) is 5.11 Å². The van der Waals surface area contributed by atoms with E-state index in [0.717, 1.165) is 41.7 Å². The number of pyridine rings is 1. The van der Waals surface area contributed by atoms with Gasteiger partial charge in [-0.15, -0.1) is 0 Å². The van der Waals surface area contributed by atoms with Gasteiger partial charge in [-0.25, -0.2) is 4.98 Å². The molecule has 1 aliphatic rings. The highest BCUT2D eigenvalue weighted by atomic mass is 16.5. The molecule has 2 N–H and O–H groups in total. The Morgan fingerprint density at radius 3 is 2.81 bits per heavy atom. The Morgan fingerprint density at radius 2 is 2.10 bits per heavy atom. The Balaban J connectivity index is 1.86. The minimum Gasteiger partial charge on any atom is -0.497 e. The number of ether oxygens (including phenoxy) is 1. The van der Waals surface area contributed by atoms with E-state index in [1.165, 1.54) is 12.8 Å². The van der Waals surface area contributed by atoms with Crippen LogP contribution in [0.3, 0.4) is 0 Å². The van der Waals surface area contributed by atoms with Gasteiger partial charge in [-0.3, -0.25) is 0 Å². The summed E-state index contributed by atoms with van der Waals surface area (Å²) in [7, 11) is 1.67. The third-order valence-electron chi connectivity index (χ3n) is 4.60. The van der Waals surface area contributed by atoms with Crippen molar-refractivity contribution >= 4 is 16.6 Å². The highest BCUT2D eigenvalue weighted by Gasteiger charge is 2.33. The number of benzene rings is 1. The first-order chi connectivity index (χ1) is 10.3. The molecule has 0 saturated heterocycles. The average molecular weight is 286 g/mol. The summed E-state index contributed by atoms with van der Waals surface area (Å²) < 4.78 is 5.30. The predicted octanol–water partition coefficient (Wildman–Crippen LogP) is 3.21. The van der Waals surface area contributed by atoms with Crippen LogP contribution in [0.2, 0.25) is 0 Å². The zero-order valence-corrected chi connectivity index (χ0v) is 12.4. The fourth-order valence-corrected chi connectivity index (χ4v) is 3.20. The SMILES string of the molecule is COc1ccc2ccnc(NCC3(CO)CCCC3)c2c1. The van der Waals surface area contributed by atoms with E-state index in [2.05, 4.69) is 10.3 Å². The summed E-state index contributed by atoms with van der Waals surface area (Å²) >= 11 is 0. The van der Waals surface area contributed by atoms with E-state index in [0.29, 0.717) is 0 Å². The van der Waals surface area contributed by atoms with Crippen molar-refractivity contribution in [2.75, 3.05) is 25.6 Å². The number of hydrogen-bond donors (Lipinski definition) is 2. The van der Waals surface area contributed by atoms with Crippen LogP contribution in [0.1, 0.15) is 25.7 Å². The molecule has 0 atom stereocenters. The van der Waals surface area contributed by atoms with Crippen molar-refractivity contribution in [1.82, 2.24) is 4.98 Å². The van der Waals surface area contributed by atoms with E-state index in [-0.39, 0.29) is 12.0 Å². The van der Waals surface area contributed by atoms with E-state index in [4.69, 9.17) is 4.74 Å². The monoisotopic (exact) mass is 286 g/mol. The Morgan fingerprint density at radius 1 is 1.29 bits per heavy atom. The highest BCUT2D eigenvalue weighted by molar-refractivity contribution is 5.92. The maximum atomic E-state index is 9.71. The van der Waals surface area contributed by atoms with Gasteiger partial charge >= 0.3 is 0 Å². The van der Waals surface area contributed by atoms with Crippen LogP contribution < -0.4 is 10.1 Å². The van der Waals surface area contributed by atoms with Crippen LogP contribution >= 0.6 is 0 Å². The number of aliphatic hydroxyl groups is 1. The van der Waals surface area contributed by atoms with Crippen molar-refractivity contribution < 1.29 is 9.84 Å². The van der Waals surface area contributed by atoms with Gasteiger partial charge < -0.3 is 15.2 Å². The Kier molecular flexibility index (Phi) is 3.97. The molecule has 21 heavy (non-hydrogen) atoms. The summed E-state index contributed by atoms with van der Waals surface area (Å²) in [6.07, 6.45) is 6.41. The summed E-state index contributed by atoms with van der Waals surface area (Å²) in [4.78, 5) is 4.46. The van der Waals surface area contributed by atoms with Crippen LogP contribution in [-0.2, 0) is 0 Å². The lowest BCUT2D eigenvalue weighted by Gasteiger charge is -2.27. The molecule has 0 unspecified atom stereocenters. The van der Waals surface area contributed by atoms with Gasteiger partial charge in [-0.1, -0.05) is 18.9 Å². The average Bonchev–Trinajstić information content (AvgIpc) is 3.02. The number of nitrogens with one attached hydrogen (secondary N) is 1. The van der Waals surface area contributed by atoms with Crippen LogP contribution in [0, 0.1) is 5.41 Å². The molecule has 0 aliphatic heterocycles. The number of nitrogens with zero attached hydrogens (tertiary/aromatic N) is 1. The number of methoxy groups -OCH3 is 1. The van der Waals surface area contributed by atoms with Crippen LogP contribution in [0.15, 0.2) is 30.5 Å². The van der Waals surface area contributed by atoms with E-state index in [1.54, 1.807) is 7.11 Å². The molecule has 1 aromatic heterocycles. The molecule has 1 aromatic carbocycles. The maximum Gasteiger partial charge on any atom is 0.133 e. The minimum atomic E-state index is 0.0166. The van der Waals surface area contributed by atoms with Crippen molar-refractivity contribution in [3.05, 3.63) is 30.5 Å². The van der Waals surface area contributed by atoms with Crippen molar-refractivity contribution in [2.24, 2.45) is 5.41 Å². The lowest BCUT2D eigenvalue weighted by atomic mass is 9.87. The fraction of sp³-hybridized carbons (Fsp3) is 0.471. The fourth-order valence-electron chi connectivity index (χ4n) is 3.20. The molecule has 3 rings (SSSR count). The summed E-state index contributed by atoms with van der Waals surface area (Å²) in [5.41, 5.74) is 0.0166. The standard InChI is InChI=1S/C17H22N2O2/c1-21-14-5-4-13-6-9-18-16(15(13)10-14)19-11-17(12-20)7-2-3-8-17/h4-6,9-10,20H,2-3,7-8,11-12H2,1H3,(H,18,19). The lowest BCUT2D eigenvalue weighted by Crippen LogP contribution is -2.30. The Hall–Kier alpha value is -1.81. The van der Waals surface area contributed by atoms with Gasteiger partial charge in [0.05, 0.1) is 13.7 Å². The molecule has 1 heterocycles. The third-order valence-corrected chi connectivity index (χ3v) is 4.60. The molecule has 0 bridgehead atoms. The van der Waals surface area contributed by atoms with Crippen LogP contribution in [0.25, 0.3) is 10.8 Å². The van der Waals surface area contributed by atoms with Crippen LogP contribution in [0.5, 0.6) is 5.75 Å². The second kappa shape index (κ2) is 5.90. The second-order valence-corrected chi connectivity index (χ2v) is 5.97. The molecule has 0 amide bonds. The number of anilines is 1. The van der Waals surface area contributed by atoms with Crippen LogP contribution in [-0.4, -0.2) is 30.4 Å². The molecular formula is C17H22N2O2. The van der Waals surface area contributed by atoms with Crippen molar-refractivity contribution in [3.63, 3.8) is 0 Å². The molecule has 2 aromatic rings. The molecule has 4 heteroatoms. The topological polar surface area (TPSA) is 54.4 Å². The first-order valence-electron chi connectivity index (χ1n) is 7.54. The van der Waals surface area contributed by atoms with Gasteiger partial charge in [0, 0.05) is 23.5 Å². The Bertz CT molecular complexity index is 621. The second-order valence-electron chi connectivity index (χ2n) is 5.97. The minimum absolute atomic E-state index is 0.0166. The Labute approximate surface area is 125 Å². The van der Waals surface area contributed by atoms with Crippen molar-refractivity contribution in [3.8, 4) is 5.75 Å². The zero-order chi connectivity index (χ0) is 14.7. The smallest absolute Gasteiger partial charge is 0.133 e. The maximum absolute atomic E-state index is 9.71. The number of rotatable bonds is 5. The van der Waals surface area contributed by atoms with Crippen molar-refractivity contribution in [2.45, 2.75) is 25.7 Å². The number of fused-ring (bicyclic) bond motifs is 1. The van der Waals surface area contributed by atoms with Gasteiger partial charge in [-0.2, -0.15) is 0 Å². The van der Waals surface area contributed by atoms with Gasteiger partial charge in [0.2, 0.25) is 0 Å². The highest BCUT2D eigenvalue weighted by Crippen LogP contribution is 2.38. The summed E-state index contributed by atoms with van der Waals surface area (Å²) in [6.45, 7) is 1.01.